The van der Waals surface area contributed by atoms with Gasteiger partial charge in [-0.05, 0) is 6.29 Å². The Kier molecular flexibility index (Phi) is 46.0. The minimum Gasteiger partial charge on any atom is -0.419 e. The predicted molar refractivity (Wildman–Crippen MR) is 15.9 cm³/mol. The van der Waals surface area contributed by atoms with Gasteiger partial charge < -0.3 is 4.79 Å². The fraction of sp³-hybridized carbons (Fsp3) is 0. The van der Waals surface area contributed by atoms with Crippen molar-refractivity contribution < 1.29 is 44.2 Å². The van der Waals surface area contributed by atoms with E-state index in [1.165, 1.54) is 6.29 Å². The summed E-state index contributed by atoms with van der Waals surface area (Å²) in [7, 11) is 0. The molecule has 1 nitrogen and oxygen atoms in total. The largest absolute Gasteiger partial charge is 1.00 e. The molecule has 0 atom stereocenters. The summed E-state index contributed by atoms with van der Waals surface area (Å²) in [5, 5.41) is 0. The van der Waals surface area contributed by atoms with Crippen LogP contribution in [-0.2, 0) is 44.2 Å². The average molecular weight is 226 g/mol. The van der Waals surface area contributed by atoms with Crippen molar-refractivity contribution in [3.8, 4) is 0 Å². The molecule has 0 unspecified atom stereocenters. The van der Waals surface area contributed by atoms with Gasteiger partial charge in [0.25, 0.3) is 0 Å². The first-order valence-corrected chi connectivity index (χ1v) is 0.901. The summed E-state index contributed by atoms with van der Waals surface area (Å²) in [6.07, 6.45) is 2.51. The molecule has 0 aliphatic heterocycles. The Hall–Kier alpha value is 0.670. The van der Waals surface area contributed by atoms with Crippen LogP contribution in [0.2, 0.25) is 0 Å². The number of rotatable bonds is 1. The Morgan fingerprint density at radius 2 is 1.83 bits per heavy atom. The minimum absolute atomic E-state index is 0. The number of carbonyl (C=O) groups excluding carboxylic acids is 1. The van der Waals surface area contributed by atoms with Gasteiger partial charge in [0.15, 0.2) is 0 Å². The maximum atomic E-state index is 8.93. The predicted octanol–water partition coefficient (Wildman–Crippen LogP) is 0.277. The second kappa shape index (κ2) is 17.3. The fourth-order valence-corrected chi connectivity index (χ4v) is 0. The molecule has 1 radical (unpaired) electrons. The van der Waals surface area contributed by atoms with Gasteiger partial charge >= 0.3 is 22.4 Å². The molecule has 0 saturated carbocycles. The molecule has 0 spiro atoms. The molecule has 0 fully saturated rings. The van der Waals surface area contributed by atoms with E-state index in [4.69, 9.17) is 4.79 Å². The van der Waals surface area contributed by atoms with Gasteiger partial charge in [-0.3, -0.25) is 0 Å². The van der Waals surface area contributed by atoms with E-state index in [9.17, 15) is 0 Å². The van der Waals surface area contributed by atoms with Crippen LogP contribution in [0.4, 0.5) is 0 Å². The Labute approximate surface area is 63.2 Å². The van der Waals surface area contributed by atoms with Gasteiger partial charge in [-0.1, -0.05) is 0 Å². The number of hydrogen-bond donors (Lipinski definition) is 0. The molecule has 0 N–H and O–H groups in total. The van der Waals surface area contributed by atoms with Crippen molar-refractivity contribution in [3.63, 3.8) is 0 Å². The van der Waals surface area contributed by atoms with Crippen LogP contribution in [0.5, 0.6) is 0 Å². The van der Waals surface area contributed by atoms with E-state index in [0.717, 1.165) is 6.08 Å². The molecular formula is C3H3AgCuO. The maximum absolute atomic E-state index is 8.93. The smallest absolute Gasteiger partial charge is 0.419 e. The summed E-state index contributed by atoms with van der Waals surface area (Å²) >= 11 is 0. The van der Waals surface area contributed by atoms with E-state index >= 15 is 0 Å². The molecular weight excluding hydrogens is 223 g/mol. The SMILES string of the molecule is C=C[C-]=O.[Ag+].[Cu]. The van der Waals surface area contributed by atoms with Crippen molar-refractivity contribution in [1.29, 1.82) is 0 Å². The van der Waals surface area contributed by atoms with E-state index in [1.54, 1.807) is 0 Å². The van der Waals surface area contributed by atoms with E-state index in [1.807, 2.05) is 0 Å². The summed E-state index contributed by atoms with van der Waals surface area (Å²) < 4.78 is 0. The van der Waals surface area contributed by atoms with Crippen LogP contribution in [0.1, 0.15) is 0 Å². The summed E-state index contributed by atoms with van der Waals surface area (Å²) in [6, 6.07) is 0. The monoisotopic (exact) mass is 225 g/mol. The fourth-order valence-electron chi connectivity index (χ4n) is 0. The zero-order valence-corrected chi connectivity index (χ0v) is 5.22. The topological polar surface area (TPSA) is 17.1 Å². The molecule has 0 aromatic carbocycles. The van der Waals surface area contributed by atoms with Crippen LogP contribution in [0.3, 0.4) is 0 Å². The Morgan fingerprint density at radius 1 is 1.67 bits per heavy atom. The first-order chi connectivity index (χ1) is 1.91. The van der Waals surface area contributed by atoms with Crippen LogP contribution in [0.15, 0.2) is 12.7 Å². The molecule has 6 heavy (non-hydrogen) atoms. The molecule has 3 heteroatoms. The van der Waals surface area contributed by atoms with E-state index in [2.05, 4.69) is 6.58 Å². The average Bonchev–Trinajstić information content (AvgIpc) is 1.37. The van der Waals surface area contributed by atoms with Crippen molar-refractivity contribution in [3.05, 3.63) is 12.7 Å². The minimum atomic E-state index is 0. The Balaban J connectivity index is -0.0000000450. The van der Waals surface area contributed by atoms with Crippen LogP contribution in [0.25, 0.3) is 0 Å². The van der Waals surface area contributed by atoms with Crippen molar-refractivity contribution in [2.24, 2.45) is 0 Å². The van der Waals surface area contributed by atoms with E-state index in [-0.39, 0.29) is 39.4 Å². The third-order valence-electron chi connectivity index (χ3n) is 0.0833. The summed E-state index contributed by atoms with van der Waals surface area (Å²) in [4.78, 5) is 8.93. The zero-order valence-electron chi connectivity index (χ0n) is 2.80. The van der Waals surface area contributed by atoms with Crippen molar-refractivity contribution in [2.75, 3.05) is 0 Å². The maximum Gasteiger partial charge on any atom is 1.00 e. The molecule has 0 aromatic rings. The molecule has 0 saturated heterocycles. The van der Waals surface area contributed by atoms with Crippen LogP contribution in [-0.4, -0.2) is 6.29 Å². The third kappa shape index (κ3) is 22.6. The third-order valence-corrected chi connectivity index (χ3v) is 0.0833. The second-order valence-electron chi connectivity index (χ2n) is 0.322. The quantitative estimate of drug-likeness (QED) is 0.357. The zero-order chi connectivity index (χ0) is 3.41. The van der Waals surface area contributed by atoms with Crippen LogP contribution >= 0.6 is 0 Å². The van der Waals surface area contributed by atoms with Gasteiger partial charge in [0.1, 0.15) is 0 Å². The van der Waals surface area contributed by atoms with Gasteiger partial charge in [-0.15, -0.1) is 0 Å². The molecule has 0 bridgehead atoms. The van der Waals surface area contributed by atoms with Crippen molar-refractivity contribution in [2.45, 2.75) is 0 Å². The number of allylic oxidation sites excluding steroid dienone is 1. The molecule has 0 aliphatic rings. The van der Waals surface area contributed by atoms with Gasteiger partial charge in [0.2, 0.25) is 0 Å². The van der Waals surface area contributed by atoms with E-state index < -0.39 is 0 Å². The molecule has 0 heterocycles. The summed E-state index contributed by atoms with van der Waals surface area (Å²) in [5.74, 6) is 0. The van der Waals surface area contributed by atoms with Gasteiger partial charge in [-0.25, -0.2) is 12.7 Å². The van der Waals surface area contributed by atoms with Gasteiger partial charge in [0, 0.05) is 17.1 Å². The van der Waals surface area contributed by atoms with Crippen LogP contribution < -0.4 is 0 Å². The van der Waals surface area contributed by atoms with Gasteiger partial charge in [0.05, 0.1) is 0 Å². The molecule has 0 aromatic heterocycles. The van der Waals surface area contributed by atoms with E-state index in [0.29, 0.717) is 0 Å². The first-order valence-electron chi connectivity index (χ1n) is 0.901. The molecule has 0 aliphatic carbocycles. The Morgan fingerprint density at radius 3 is 1.83 bits per heavy atom. The molecule has 0 rings (SSSR count). The standard InChI is InChI=1S/C3H3O.Ag.Cu/c1-2-3-4;;/h2H,1H2;;/q-1;+1;. The van der Waals surface area contributed by atoms with Gasteiger partial charge in [-0.2, -0.15) is 0 Å². The first kappa shape index (κ1) is 15.9. The summed E-state index contributed by atoms with van der Waals surface area (Å²) in [6.45, 7) is 3.06. The van der Waals surface area contributed by atoms with Crippen LogP contribution in [0, 0.1) is 0 Å². The number of hydrogen-bond acceptors (Lipinski definition) is 1. The second-order valence-corrected chi connectivity index (χ2v) is 0.322. The molecule has 0 amide bonds. The summed E-state index contributed by atoms with van der Waals surface area (Å²) in [5.41, 5.74) is 0. The Bertz CT molecular complexity index is 31.8. The molecule has 43 valence electrons. The normalized spacial score (nSPS) is 3.33. The van der Waals surface area contributed by atoms with Crippen molar-refractivity contribution in [1.82, 2.24) is 0 Å². The van der Waals surface area contributed by atoms with Crippen molar-refractivity contribution >= 4 is 6.29 Å².